The fourth-order valence-corrected chi connectivity index (χ4v) is 6.11. The minimum Gasteiger partial charge on any atom is -0.482 e. The number of carbonyl (C=O) groups is 2. The van der Waals surface area contributed by atoms with Gasteiger partial charge in [-0.2, -0.15) is 5.10 Å². The first kappa shape index (κ1) is 30.4. The molecule has 0 spiro atoms. The maximum atomic E-state index is 13.4. The molecule has 14 heteroatoms. The van der Waals surface area contributed by atoms with Crippen LogP contribution in [0.1, 0.15) is 54.6 Å². The van der Waals surface area contributed by atoms with Crippen molar-refractivity contribution in [1.82, 2.24) is 29.6 Å². The zero-order valence-corrected chi connectivity index (χ0v) is 24.9. The van der Waals surface area contributed by atoms with Crippen LogP contribution in [0.2, 0.25) is 0 Å². The highest BCUT2D eigenvalue weighted by Gasteiger charge is 2.31. The minimum atomic E-state index is -2.39. The number of primary amides is 1. The summed E-state index contributed by atoms with van der Waals surface area (Å²) in [4.78, 5) is 42.0. The summed E-state index contributed by atoms with van der Waals surface area (Å²) in [5.41, 5.74) is 9.07. The number of anilines is 1. The van der Waals surface area contributed by atoms with E-state index >= 15 is 0 Å². The Balaban J connectivity index is 1.43. The van der Waals surface area contributed by atoms with Crippen LogP contribution in [0.25, 0.3) is 22.2 Å². The van der Waals surface area contributed by atoms with Gasteiger partial charge in [0.15, 0.2) is 18.1 Å². The number of rotatable bonds is 9. The number of fused-ring (bicyclic) bond motifs is 2. The number of nitrogens with zero attached hydrogens (tertiary/aromatic N) is 7. The molecule has 0 aliphatic carbocycles. The Morgan fingerprint density at radius 2 is 1.87 bits per heavy atom. The van der Waals surface area contributed by atoms with Crippen molar-refractivity contribution in [1.29, 1.82) is 0 Å². The lowest BCUT2D eigenvalue weighted by molar-refractivity contribution is -0.121. The van der Waals surface area contributed by atoms with E-state index < -0.39 is 18.1 Å². The fraction of sp³-hybridized carbons (Fsp3) is 0.419. The predicted molar refractivity (Wildman–Crippen MR) is 159 cm³/mol. The van der Waals surface area contributed by atoms with Crippen molar-refractivity contribution < 1.29 is 27.5 Å². The Morgan fingerprint density at radius 1 is 1.13 bits per heavy atom. The highest BCUT2D eigenvalue weighted by molar-refractivity contribution is 6.09. The summed E-state index contributed by atoms with van der Waals surface area (Å²) in [5.74, 6) is -0.698. The summed E-state index contributed by atoms with van der Waals surface area (Å²) in [5, 5.41) is 5.31. The molecule has 2 aliphatic rings. The molecule has 0 bridgehead atoms. The van der Waals surface area contributed by atoms with Gasteiger partial charge in [0.25, 0.3) is 18.2 Å². The van der Waals surface area contributed by atoms with Gasteiger partial charge >= 0.3 is 0 Å². The van der Waals surface area contributed by atoms with E-state index in [1.165, 1.54) is 4.90 Å². The summed E-state index contributed by atoms with van der Waals surface area (Å²) < 4.78 is 46.9. The minimum absolute atomic E-state index is 0.0162. The SMILES string of the molecule is CC(C)Cc1nc2c(cnn2C2CCN(CC(F)F)CC2)c(-c2ccc3c(c2)OCC(=O)N3Cc2ncc(F)cn2)c1C(N)=O. The molecule has 4 aromatic rings. The fourth-order valence-electron chi connectivity index (χ4n) is 6.11. The first-order chi connectivity index (χ1) is 21.6. The molecule has 3 aromatic heterocycles. The standard InChI is InChI=1S/C31H33F3N8O3/c1-17(2)9-22-29(30(35)44)28(21-13-38-42(31(21)39-22)20-5-7-40(8-6-20)14-25(33)34)18-3-4-23-24(10-18)45-16-27(43)41(23)15-26-36-11-19(32)12-37-26/h3-4,10-13,17,20,25H,5-9,14-16H2,1-2H3,(H2,35,44). The predicted octanol–water partition coefficient (Wildman–Crippen LogP) is 4.15. The summed E-state index contributed by atoms with van der Waals surface area (Å²) in [6.07, 6.45) is 3.11. The van der Waals surface area contributed by atoms with Gasteiger partial charge in [-0.15, -0.1) is 0 Å². The van der Waals surface area contributed by atoms with E-state index in [1.807, 2.05) is 18.5 Å². The number of nitrogens with two attached hydrogens (primary N) is 1. The number of piperidine rings is 1. The van der Waals surface area contributed by atoms with Gasteiger partial charge in [0.1, 0.15) is 11.6 Å². The van der Waals surface area contributed by atoms with Crippen LogP contribution in [-0.2, 0) is 17.8 Å². The Bertz CT molecular complexity index is 1740. The second-order valence-corrected chi connectivity index (χ2v) is 11.8. The van der Waals surface area contributed by atoms with E-state index in [2.05, 4.69) is 15.1 Å². The number of ether oxygens (including phenoxy) is 1. The molecule has 1 aromatic carbocycles. The highest BCUT2D eigenvalue weighted by Crippen LogP contribution is 2.41. The van der Waals surface area contributed by atoms with Crippen molar-refractivity contribution in [3.05, 3.63) is 59.7 Å². The average molecular weight is 623 g/mol. The third-order valence-electron chi connectivity index (χ3n) is 8.13. The first-order valence-corrected chi connectivity index (χ1v) is 14.8. The Kier molecular flexibility index (Phi) is 8.40. The van der Waals surface area contributed by atoms with E-state index in [0.717, 1.165) is 12.4 Å². The van der Waals surface area contributed by atoms with Crippen LogP contribution in [0.5, 0.6) is 5.75 Å². The second-order valence-electron chi connectivity index (χ2n) is 11.8. The molecule has 11 nitrogen and oxygen atoms in total. The van der Waals surface area contributed by atoms with Crippen molar-refractivity contribution >= 4 is 28.5 Å². The monoisotopic (exact) mass is 622 g/mol. The van der Waals surface area contributed by atoms with Crippen LogP contribution >= 0.6 is 0 Å². The van der Waals surface area contributed by atoms with Gasteiger partial charge in [0.05, 0.1) is 54.7 Å². The summed E-state index contributed by atoms with van der Waals surface area (Å²) in [6, 6.07) is 5.19. The second kappa shape index (κ2) is 12.4. The molecule has 2 aliphatic heterocycles. The van der Waals surface area contributed by atoms with Gasteiger partial charge in [0.2, 0.25) is 0 Å². The van der Waals surface area contributed by atoms with Crippen LogP contribution in [0.15, 0.2) is 36.8 Å². The molecule has 2 amide bonds. The van der Waals surface area contributed by atoms with Crippen LogP contribution in [0, 0.1) is 11.7 Å². The van der Waals surface area contributed by atoms with Gasteiger partial charge in [-0.05, 0) is 42.9 Å². The van der Waals surface area contributed by atoms with E-state index in [0.29, 0.717) is 71.6 Å². The van der Waals surface area contributed by atoms with E-state index in [1.54, 1.807) is 29.3 Å². The van der Waals surface area contributed by atoms with Gasteiger partial charge in [-0.3, -0.25) is 19.4 Å². The number of hydrogen-bond donors (Lipinski definition) is 1. The molecule has 0 saturated carbocycles. The Labute approximate surface area is 257 Å². The highest BCUT2D eigenvalue weighted by atomic mass is 19.3. The molecule has 2 N–H and O–H groups in total. The molecular weight excluding hydrogens is 589 g/mol. The summed E-state index contributed by atoms with van der Waals surface area (Å²) in [7, 11) is 0. The quantitative estimate of drug-likeness (QED) is 0.295. The molecule has 1 saturated heterocycles. The average Bonchev–Trinajstić information content (AvgIpc) is 3.42. The number of likely N-dealkylation sites (tertiary alicyclic amines) is 1. The molecule has 236 valence electrons. The van der Waals surface area contributed by atoms with E-state index in [-0.39, 0.29) is 49.0 Å². The number of pyridine rings is 1. The van der Waals surface area contributed by atoms with Gasteiger partial charge in [-0.1, -0.05) is 19.9 Å². The smallest absolute Gasteiger partial charge is 0.265 e. The van der Waals surface area contributed by atoms with Gasteiger partial charge < -0.3 is 10.5 Å². The Hall–Kier alpha value is -4.59. The van der Waals surface area contributed by atoms with Crippen molar-refractivity contribution in [3.63, 3.8) is 0 Å². The zero-order valence-electron chi connectivity index (χ0n) is 24.9. The van der Waals surface area contributed by atoms with Crippen molar-refractivity contribution in [3.8, 4) is 16.9 Å². The van der Waals surface area contributed by atoms with Crippen molar-refractivity contribution in [2.24, 2.45) is 11.7 Å². The third kappa shape index (κ3) is 6.19. The van der Waals surface area contributed by atoms with Crippen LogP contribution in [0.4, 0.5) is 18.9 Å². The zero-order chi connectivity index (χ0) is 31.8. The Morgan fingerprint density at radius 3 is 2.53 bits per heavy atom. The number of aromatic nitrogens is 5. The lowest BCUT2D eigenvalue weighted by Crippen LogP contribution is -2.38. The van der Waals surface area contributed by atoms with Crippen LogP contribution in [0.3, 0.4) is 0 Å². The first-order valence-electron chi connectivity index (χ1n) is 14.8. The number of hydrogen-bond acceptors (Lipinski definition) is 8. The molecule has 45 heavy (non-hydrogen) atoms. The number of benzene rings is 1. The summed E-state index contributed by atoms with van der Waals surface area (Å²) in [6.45, 7) is 4.61. The van der Waals surface area contributed by atoms with E-state index in [9.17, 15) is 22.8 Å². The lowest BCUT2D eigenvalue weighted by Gasteiger charge is -2.32. The van der Waals surface area contributed by atoms with Crippen LogP contribution in [-0.4, -0.2) is 74.1 Å². The lowest BCUT2D eigenvalue weighted by atomic mass is 9.92. The van der Waals surface area contributed by atoms with E-state index in [4.69, 9.17) is 15.5 Å². The van der Waals surface area contributed by atoms with Crippen molar-refractivity contribution in [2.45, 2.75) is 52.1 Å². The number of halogens is 3. The molecule has 1 fully saturated rings. The van der Waals surface area contributed by atoms with Crippen LogP contribution < -0.4 is 15.4 Å². The van der Waals surface area contributed by atoms with Gasteiger partial charge in [-0.25, -0.2) is 32.8 Å². The molecule has 0 unspecified atom stereocenters. The van der Waals surface area contributed by atoms with Crippen molar-refractivity contribution in [2.75, 3.05) is 31.1 Å². The number of alkyl halides is 2. The summed E-state index contributed by atoms with van der Waals surface area (Å²) >= 11 is 0. The number of amides is 2. The number of carbonyl (C=O) groups excluding carboxylic acids is 2. The van der Waals surface area contributed by atoms with Gasteiger partial charge in [0, 0.05) is 24.0 Å². The molecule has 6 rings (SSSR count). The third-order valence-corrected chi connectivity index (χ3v) is 8.13. The normalized spacial score (nSPS) is 16.1. The molecule has 5 heterocycles. The molecule has 0 atom stereocenters. The topological polar surface area (TPSA) is 132 Å². The molecular formula is C31H33F3N8O3. The largest absolute Gasteiger partial charge is 0.482 e. The maximum Gasteiger partial charge on any atom is 0.265 e. The molecule has 0 radical (unpaired) electrons. The maximum absolute atomic E-state index is 13.4.